The average molecular weight is 327 g/mol. The highest BCUT2D eigenvalue weighted by molar-refractivity contribution is 6.35. The molecule has 1 aromatic heterocycles. The van der Waals surface area contributed by atoms with Crippen molar-refractivity contribution in [1.82, 2.24) is 14.9 Å². The predicted molar refractivity (Wildman–Crippen MR) is 86.3 cm³/mol. The summed E-state index contributed by atoms with van der Waals surface area (Å²) in [4.78, 5) is 21.7. The van der Waals surface area contributed by atoms with Gasteiger partial charge in [-0.3, -0.25) is 15.2 Å². The molecule has 1 aromatic carbocycles. The van der Waals surface area contributed by atoms with Gasteiger partial charge in [-0.2, -0.15) is 0 Å². The van der Waals surface area contributed by atoms with Crippen LogP contribution in [0, 0.1) is 5.41 Å². The first-order valence-corrected chi connectivity index (χ1v) is 7.34. The molecule has 0 unspecified atom stereocenters. The van der Waals surface area contributed by atoms with E-state index in [1.807, 2.05) is 0 Å². The van der Waals surface area contributed by atoms with E-state index in [0.29, 0.717) is 30.4 Å². The number of hydrogen-bond acceptors (Lipinski definition) is 6. The van der Waals surface area contributed by atoms with Crippen molar-refractivity contribution >= 4 is 11.7 Å². The molecule has 1 fully saturated rings. The molecule has 2 heterocycles. The lowest BCUT2D eigenvalue weighted by Gasteiger charge is -2.38. The number of carbonyl (C=O) groups excluding carboxylic acids is 1. The number of nitrogens with one attached hydrogen (secondary N) is 1. The van der Waals surface area contributed by atoms with E-state index in [0.717, 1.165) is 5.75 Å². The Balaban J connectivity index is 1.72. The number of amidine groups is 1. The van der Waals surface area contributed by atoms with Crippen molar-refractivity contribution in [2.75, 3.05) is 20.2 Å². The zero-order valence-electron chi connectivity index (χ0n) is 13.1. The zero-order chi connectivity index (χ0) is 17.1. The van der Waals surface area contributed by atoms with Gasteiger partial charge in [0, 0.05) is 31.4 Å². The largest absolute Gasteiger partial charge is 0.497 e. The summed E-state index contributed by atoms with van der Waals surface area (Å²) in [6.45, 7) is 0.881. The van der Waals surface area contributed by atoms with Crippen LogP contribution in [0.25, 0.3) is 0 Å². The third kappa shape index (κ3) is 3.12. The highest BCUT2D eigenvalue weighted by Gasteiger charge is 2.35. The first-order valence-electron chi connectivity index (χ1n) is 7.34. The first kappa shape index (κ1) is 15.7. The molecular formula is C16H17N5O3. The Labute approximate surface area is 138 Å². The molecule has 0 radical (unpaired) electrons. The minimum atomic E-state index is -0.465. The van der Waals surface area contributed by atoms with Gasteiger partial charge in [-0.05, 0) is 24.3 Å². The van der Waals surface area contributed by atoms with E-state index in [9.17, 15) is 4.79 Å². The quantitative estimate of drug-likeness (QED) is 0.643. The van der Waals surface area contributed by atoms with Crippen LogP contribution in [-0.2, 0) is 4.79 Å². The highest BCUT2D eigenvalue weighted by Crippen LogP contribution is 2.33. The van der Waals surface area contributed by atoms with Crippen molar-refractivity contribution in [3.05, 3.63) is 42.4 Å². The lowest BCUT2D eigenvalue weighted by atomic mass is 9.96. The van der Waals surface area contributed by atoms with Crippen LogP contribution in [0.2, 0.25) is 0 Å². The fourth-order valence-electron chi connectivity index (χ4n) is 2.44. The summed E-state index contributed by atoms with van der Waals surface area (Å²) in [6, 6.07) is 7.15. The predicted octanol–water partition coefficient (Wildman–Crippen LogP) is 1.14. The van der Waals surface area contributed by atoms with Crippen LogP contribution in [0.4, 0.5) is 0 Å². The van der Waals surface area contributed by atoms with Gasteiger partial charge in [-0.1, -0.05) is 0 Å². The second kappa shape index (κ2) is 6.53. The Morgan fingerprint density at radius 3 is 2.46 bits per heavy atom. The number of aromatic nitrogens is 2. The Hall–Kier alpha value is -3.16. The number of likely N-dealkylation sites (tertiary alicyclic amines) is 1. The van der Waals surface area contributed by atoms with E-state index < -0.39 is 11.7 Å². The van der Waals surface area contributed by atoms with Crippen molar-refractivity contribution in [2.45, 2.75) is 5.92 Å². The summed E-state index contributed by atoms with van der Waals surface area (Å²) in [5.41, 5.74) is 5.90. The van der Waals surface area contributed by atoms with Crippen LogP contribution in [-0.4, -0.2) is 46.8 Å². The van der Waals surface area contributed by atoms with Gasteiger partial charge < -0.3 is 20.1 Å². The van der Waals surface area contributed by atoms with Crippen molar-refractivity contribution in [2.24, 2.45) is 5.73 Å². The monoisotopic (exact) mass is 327 g/mol. The Morgan fingerprint density at radius 1 is 1.21 bits per heavy atom. The molecule has 0 atom stereocenters. The van der Waals surface area contributed by atoms with E-state index in [1.165, 1.54) is 4.90 Å². The molecule has 1 aliphatic heterocycles. The number of rotatable bonds is 4. The van der Waals surface area contributed by atoms with Crippen LogP contribution in [0.15, 0.2) is 36.7 Å². The number of nitrogens with zero attached hydrogens (tertiary/aromatic N) is 3. The molecule has 0 aliphatic carbocycles. The van der Waals surface area contributed by atoms with E-state index in [4.69, 9.17) is 20.6 Å². The van der Waals surface area contributed by atoms with Gasteiger partial charge in [0.05, 0.1) is 7.11 Å². The minimum Gasteiger partial charge on any atom is -0.497 e. The van der Waals surface area contributed by atoms with E-state index in [2.05, 4.69) is 9.97 Å². The van der Waals surface area contributed by atoms with Crippen molar-refractivity contribution < 1.29 is 14.3 Å². The SMILES string of the molecule is COc1ccc(Oc2nccnc2C2CN(C(=O)C(=N)N)C2)cc1. The zero-order valence-corrected chi connectivity index (χ0v) is 13.1. The molecule has 0 bridgehead atoms. The Bertz CT molecular complexity index is 757. The molecule has 8 nitrogen and oxygen atoms in total. The molecule has 3 rings (SSSR count). The minimum absolute atomic E-state index is 0.00949. The summed E-state index contributed by atoms with van der Waals surface area (Å²) < 4.78 is 10.9. The van der Waals surface area contributed by atoms with Crippen LogP contribution < -0.4 is 15.2 Å². The number of nitrogens with two attached hydrogens (primary N) is 1. The van der Waals surface area contributed by atoms with Crippen molar-refractivity contribution in [1.29, 1.82) is 5.41 Å². The van der Waals surface area contributed by atoms with Crippen LogP contribution in [0.5, 0.6) is 17.4 Å². The number of hydrogen-bond donors (Lipinski definition) is 2. The second-order valence-corrected chi connectivity index (χ2v) is 5.35. The molecule has 0 saturated carbocycles. The molecule has 1 aliphatic rings. The summed E-state index contributed by atoms with van der Waals surface area (Å²) >= 11 is 0. The van der Waals surface area contributed by atoms with Crippen molar-refractivity contribution in [3.63, 3.8) is 0 Å². The van der Waals surface area contributed by atoms with Gasteiger partial charge in [0.25, 0.3) is 5.91 Å². The third-order valence-electron chi connectivity index (χ3n) is 3.75. The summed E-state index contributed by atoms with van der Waals surface area (Å²) in [7, 11) is 1.60. The fraction of sp³-hybridized carbons (Fsp3) is 0.250. The van der Waals surface area contributed by atoms with Crippen LogP contribution >= 0.6 is 0 Å². The molecule has 1 amide bonds. The van der Waals surface area contributed by atoms with Gasteiger partial charge in [-0.25, -0.2) is 4.98 Å². The van der Waals surface area contributed by atoms with E-state index in [1.54, 1.807) is 43.8 Å². The van der Waals surface area contributed by atoms with Gasteiger partial charge in [-0.15, -0.1) is 0 Å². The summed E-state index contributed by atoms with van der Waals surface area (Å²) in [5, 5.41) is 7.19. The van der Waals surface area contributed by atoms with Gasteiger partial charge in [0.1, 0.15) is 17.2 Å². The Kier molecular flexibility index (Phi) is 4.28. The molecule has 0 spiro atoms. The normalized spacial score (nSPS) is 14.0. The molecule has 3 N–H and O–H groups in total. The maximum Gasteiger partial charge on any atom is 0.288 e. The maximum atomic E-state index is 11.6. The molecule has 24 heavy (non-hydrogen) atoms. The van der Waals surface area contributed by atoms with E-state index >= 15 is 0 Å². The summed E-state index contributed by atoms with van der Waals surface area (Å²) in [5.74, 6) is 0.848. The lowest BCUT2D eigenvalue weighted by molar-refractivity contribution is -0.128. The molecule has 2 aromatic rings. The van der Waals surface area contributed by atoms with Crippen LogP contribution in [0.1, 0.15) is 11.6 Å². The van der Waals surface area contributed by atoms with Gasteiger partial charge >= 0.3 is 0 Å². The fourth-order valence-corrected chi connectivity index (χ4v) is 2.44. The standard InChI is InChI=1S/C16H17N5O3/c1-23-11-2-4-12(5-3-11)24-15-13(19-6-7-20-15)10-8-21(9-10)16(22)14(17)18/h2-7,10H,8-9H2,1H3,(H3,17,18). The van der Waals surface area contributed by atoms with Gasteiger partial charge in [0.15, 0.2) is 5.84 Å². The van der Waals surface area contributed by atoms with E-state index in [-0.39, 0.29) is 5.92 Å². The van der Waals surface area contributed by atoms with Crippen LogP contribution in [0.3, 0.4) is 0 Å². The molecule has 1 saturated heterocycles. The molecule has 124 valence electrons. The number of methoxy groups -OCH3 is 1. The molecule has 8 heteroatoms. The number of ether oxygens (including phenoxy) is 2. The molecular weight excluding hydrogens is 310 g/mol. The number of amides is 1. The highest BCUT2D eigenvalue weighted by atomic mass is 16.5. The van der Waals surface area contributed by atoms with Gasteiger partial charge in [0.2, 0.25) is 5.88 Å². The number of benzene rings is 1. The first-order chi connectivity index (χ1) is 11.6. The average Bonchev–Trinajstić information content (AvgIpc) is 2.55. The Morgan fingerprint density at radius 2 is 1.83 bits per heavy atom. The lowest BCUT2D eigenvalue weighted by Crippen LogP contribution is -2.52. The number of carbonyl (C=O) groups is 1. The second-order valence-electron chi connectivity index (χ2n) is 5.35. The van der Waals surface area contributed by atoms with Crippen molar-refractivity contribution in [3.8, 4) is 17.4 Å². The maximum absolute atomic E-state index is 11.6. The third-order valence-corrected chi connectivity index (χ3v) is 3.75. The summed E-state index contributed by atoms with van der Waals surface area (Å²) in [6.07, 6.45) is 3.14. The smallest absolute Gasteiger partial charge is 0.288 e. The topological polar surface area (TPSA) is 114 Å².